The third-order valence-corrected chi connectivity index (χ3v) is 9.36. The predicted molar refractivity (Wildman–Crippen MR) is 172 cm³/mol. The maximum absolute atomic E-state index is 14.3. The molecule has 9 heteroatoms. The Kier molecular flexibility index (Phi) is 8.36. The van der Waals surface area contributed by atoms with E-state index >= 15 is 0 Å². The van der Waals surface area contributed by atoms with Crippen LogP contribution in [0.4, 0.5) is 0 Å². The molecule has 0 amide bonds. The zero-order chi connectivity index (χ0) is 30.5. The number of carbonyl (C=O) groups excluding carboxylic acids is 1. The van der Waals surface area contributed by atoms with Crippen molar-refractivity contribution in [2.75, 3.05) is 7.11 Å². The van der Waals surface area contributed by atoms with Gasteiger partial charge in [-0.25, -0.2) is 9.79 Å². The van der Waals surface area contributed by atoms with Gasteiger partial charge in [0.2, 0.25) is 0 Å². The summed E-state index contributed by atoms with van der Waals surface area (Å²) in [5.41, 5.74) is 5.80. The fraction of sp³-hybridized carbons (Fsp3) is 0.364. The molecule has 0 bridgehead atoms. The quantitative estimate of drug-likeness (QED) is 0.214. The van der Waals surface area contributed by atoms with Gasteiger partial charge in [0.1, 0.15) is 11.8 Å². The van der Waals surface area contributed by atoms with E-state index in [0.29, 0.717) is 38.0 Å². The zero-order valence-electron chi connectivity index (χ0n) is 25.2. The van der Waals surface area contributed by atoms with Crippen molar-refractivity contribution >= 4 is 50.2 Å². The Bertz CT molecular complexity index is 1930. The fourth-order valence-electron chi connectivity index (χ4n) is 5.82. The number of halogens is 1. The Morgan fingerprint density at radius 1 is 1.17 bits per heavy atom. The van der Waals surface area contributed by atoms with Gasteiger partial charge in [0, 0.05) is 32.7 Å². The number of aromatic nitrogens is 2. The number of thiazole rings is 1. The molecule has 1 aliphatic rings. The van der Waals surface area contributed by atoms with Gasteiger partial charge in [-0.3, -0.25) is 9.36 Å². The highest BCUT2D eigenvalue weighted by atomic mass is 79.9. The molecule has 1 aliphatic heterocycles. The van der Waals surface area contributed by atoms with Gasteiger partial charge in [0.15, 0.2) is 4.80 Å². The first-order valence-electron chi connectivity index (χ1n) is 14.1. The first kappa shape index (κ1) is 30.0. The number of nitrogens with zero attached hydrogens (tertiary/aromatic N) is 3. The number of fused-ring (bicyclic) bond motifs is 2. The standard InChI is InChI=1S/C33H36BrN3O4S/c1-9-19(5)36-21(7)24(23-12-10-11-18(4)29(23)36)16-27-31(38)37-30(25-15-22(34)13-14-26(25)41-17(2)3)28(32(39)40-8)20(6)35-33(37)42-27/h10-17,19,30H,9H2,1-8H3/b27-16-/t19-,30-/m0/s1. The van der Waals surface area contributed by atoms with Gasteiger partial charge in [-0.05, 0) is 77.8 Å². The van der Waals surface area contributed by atoms with Gasteiger partial charge >= 0.3 is 5.97 Å². The van der Waals surface area contributed by atoms with Crippen molar-refractivity contribution in [3.63, 3.8) is 0 Å². The van der Waals surface area contributed by atoms with Crippen LogP contribution in [0.1, 0.15) is 75.5 Å². The molecule has 0 fully saturated rings. The second kappa shape index (κ2) is 11.7. The van der Waals surface area contributed by atoms with Crippen LogP contribution < -0.4 is 19.6 Å². The van der Waals surface area contributed by atoms with Crippen LogP contribution in [0.2, 0.25) is 0 Å². The molecule has 0 saturated carbocycles. The van der Waals surface area contributed by atoms with E-state index in [4.69, 9.17) is 14.5 Å². The number of hydrogen-bond donors (Lipinski definition) is 0. The molecule has 0 aliphatic carbocycles. The summed E-state index contributed by atoms with van der Waals surface area (Å²) >= 11 is 4.91. The van der Waals surface area contributed by atoms with Crippen LogP contribution in [0.5, 0.6) is 5.75 Å². The van der Waals surface area contributed by atoms with Crippen molar-refractivity contribution in [2.24, 2.45) is 4.99 Å². The molecule has 0 spiro atoms. The van der Waals surface area contributed by atoms with E-state index in [9.17, 15) is 9.59 Å². The molecule has 2 aromatic carbocycles. The van der Waals surface area contributed by atoms with Gasteiger partial charge in [-0.15, -0.1) is 0 Å². The number of para-hydroxylation sites is 1. The van der Waals surface area contributed by atoms with Crippen molar-refractivity contribution in [1.29, 1.82) is 0 Å². The minimum Gasteiger partial charge on any atom is -0.491 e. The number of methoxy groups -OCH3 is 1. The van der Waals surface area contributed by atoms with Crippen molar-refractivity contribution in [1.82, 2.24) is 9.13 Å². The van der Waals surface area contributed by atoms with Crippen LogP contribution in [0.25, 0.3) is 17.0 Å². The Hall–Kier alpha value is -3.43. The summed E-state index contributed by atoms with van der Waals surface area (Å²) in [4.78, 5) is 32.8. The van der Waals surface area contributed by atoms with E-state index < -0.39 is 12.0 Å². The lowest BCUT2D eigenvalue weighted by molar-refractivity contribution is -0.136. The predicted octanol–water partition coefficient (Wildman–Crippen LogP) is 6.50. The number of ether oxygens (including phenoxy) is 2. The smallest absolute Gasteiger partial charge is 0.338 e. The largest absolute Gasteiger partial charge is 0.491 e. The lowest BCUT2D eigenvalue weighted by Gasteiger charge is -2.26. The van der Waals surface area contributed by atoms with Crippen molar-refractivity contribution < 1.29 is 14.3 Å². The summed E-state index contributed by atoms with van der Waals surface area (Å²) in [5.74, 6) is 0.0563. The molecule has 42 heavy (non-hydrogen) atoms. The van der Waals surface area contributed by atoms with Crippen LogP contribution in [0, 0.1) is 13.8 Å². The van der Waals surface area contributed by atoms with E-state index in [2.05, 4.69) is 66.4 Å². The first-order chi connectivity index (χ1) is 20.0. The number of carbonyl (C=O) groups is 1. The molecule has 4 aromatic rings. The van der Waals surface area contributed by atoms with Gasteiger partial charge in [-0.2, -0.15) is 0 Å². The Morgan fingerprint density at radius 2 is 1.90 bits per heavy atom. The Balaban J connectivity index is 1.82. The van der Waals surface area contributed by atoms with Crippen molar-refractivity contribution in [3.05, 3.63) is 94.2 Å². The lowest BCUT2D eigenvalue weighted by Crippen LogP contribution is -2.40. The highest BCUT2D eigenvalue weighted by Crippen LogP contribution is 2.38. The Labute approximate surface area is 257 Å². The molecule has 220 valence electrons. The maximum atomic E-state index is 14.3. The van der Waals surface area contributed by atoms with Crippen LogP contribution in [0.3, 0.4) is 0 Å². The summed E-state index contributed by atoms with van der Waals surface area (Å²) in [5, 5.41) is 1.11. The number of allylic oxidation sites excluding steroid dienone is 1. The number of rotatable bonds is 7. The fourth-order valence-corrected chi connectivity index (χ4v) is 7.22. The SMILES string of the molecule is CC[C@H](C)n1c(C)c(/C=c2\sc3n(c2=O)[C@@H](c2cc(Br)ccc2OC(C)C)C(C(=O)OC)=C(C)N=3)c2cccc(C)c21. The monoisotopic (exact) mass is 649 g/mol. The van der Waals surface area contributed by atoms with E-state index in [1.165, 1.54) is 29.5 Å². The lowest BCUT2D eigenvalue weighted by atomic mass is 9.95. The summed E-state index contributed by atoms with van der Waals surface area (Å²) in [6.07, 6.45) is 2.87. The van der Waals surface area contributed by atoms with Gasteiger partial charge in [0.05, 0.1) is 34.5 Å². The molecule has 3 heterocycles. The topological polar surface area (TPSA) is 74.8 Å². The van der Waals surface area contributed by atoms with Crippen LogP contribution >= 0.6 is 27.3 Å². The van der Waals surface area contributed by atoms with E-state index in [-0.39, 0.29) is 11.7 Å². The molecule has 0 unspecified atom stereocenters. The van der Waals surface area contributed by atoms with E-state index in [1.807, 2.05) is 38.1 Å². The summed E-state index contributed by atoms with van der Waals surface area (Å²) in [6, 6.07) is 11.5. The summed E-state index contributed by atoms with van der Waals surface area (Å²) in [6.45, 7) is 14.3. The highest BCUT2D eigenvalue weighted by Gasteiger charge is 2.35. The molecule has 0 saturated heterocycles. The molecule has 0 radical (unpaired) electrons. The first-order valence-corrected chi connectivity index (χ1v) is 15.8. The van der Waals surface area contributed by atoms with E-state index in [0.717, 1.165) is 27.5 Å². The van der Waals surface area contributed by atoms with Crippen LogP contribution in [0.15, 0.2) is 61.9 Å². The normalized spacial score (nSPS) is 16.1. The molecule has 7 nitrogen and oxygen atoms in total. The van der Waals surface area contributed by atoms with Crippen LogP contribution in [-0.2, 0) is 9.53 Å². The van der Waals surface area contributed by atoms with Crippen LogP contribution in [-0.4, -0.2) is 28.3 Å². The molecular formula is C33H36BrN3O4S. The minimum atomic E-state index is -0.771. The average Bonchev–Trinajstić information content (AvgIpc) is 3.41. The number of esters is 1. The van der Waals surface area contributed by atoms with Crippen molar-refractivity contribution in [2.45, 2.75) is 73.1 Å². The maximum Gasteiger partial charge on any atom is 0.338 e. The van der Waals surface area contributed by atoms with Gasteiger partial charge in [-0.1, -0.05) is 52.4 Å². The zero-order valence-corrected chi connectivity index (χ0v) is 27.6. The molecule has 0 N–H and O–H groups in total. The molecule has 2 atom stereocenters. The van der Waals surface area contributed by atoms with Crippen molar-refractivity contribution in [3.8, 4) is 5.75 Å². The van der Waals surface area contributed by atoms with Gasteiger partial charge in [0.25, 0.3) is 5.56 Å². The van der Waals surface area contributed by atoms with E-state index in [1.54, 1.807) is 11.5 Å². The average molecular weight is 651 g/mol. The molecular weight excluding hydrogens is 614 g/mol. The number of aryl methyl sites for hydroxylation is 1. The number of hydrogen-bond acceptors (Lipinski definition) is 6. The third kappa shape index (κ3) is 5.07. The third-order valence-electron chi connectivity index (χ3n) is 7.88. The summed E-state index contributed by atoms with van der Waals surface area (Å²) < 4.78 is 16.7. The number of benzene rings is 2. The highest BCUT2D eigenvalue weighted by molar-refractivity contribution is 9.10. The second-order valence-corrected chi connectivity index (χ2v) is 12.9. The molecule has 5 rings (SSSR count). The Morgan fingerprint density at radius 3 is 2.57 bits per heavy atom. The molecule has 2 aromatic heterocycles. The minimum absolute atomic E-state index is 0.110. The van der Waals surface area contributed by atoms with Gasteiger partial charge < -0.3 is 14.0 Å². The second-order valence-electron chi connectivity index (χ2n) is 11.0. The summed E-state index contributed by atoms with van der Waals surface area (Å²) in [7, 11) is 1.34.